The molecule has 0 bridgehead atoms. The Labute approximate surface area is 73.7 Å². The molecule has 0 radical (unpaired) electrons. The molecular weight excluding hydrogens is 152 g/mol. The van der Waals surface area contributed by atoms with Gasteiger partial charge in [0.25, 0.3) is 0 Å². The molecule has 3 heteroatoms. The Morgan fingerprint density at radius 1 is 1.58 bits per heavy atom. The number of primary amides is 1. The summed E-state index contributed by atoms with van der Waals surface area (Å²) in [5.74, 6) is -0.200. The second-order valence-corrected chi connectivity index (χ2v) is 3.54. The molecule has 1 aliphatic rings. The number of nitrogens with two attached hydrogens (primary N) is 1. The zero-order valence-electron chi connectivity index (χ0n) is 7.68. The van der Waals surface area contributed by atoms with E-state index in [1.165, 1.54) is 19.3 Å². The molecule has 3 N–H and O–H groups in total. The van der Waals surface area contributed by atoms with Gasteiger partial charge in [0, 0.05) is 6.04 Å². The van der Waals surface area contributed by atoms with Crippen LogP contribution in [-0.4, -0.2) is 18.0 Å². The van der Waals surface area contributed by atoms with Crippen molar-refractivity contribution >= 4 is 5.91 Å². The largest absolute Gasteiger partial charge is 0.368 e. The van der Waals surface area contributed by atoms with Gasteiger partial charge in [-0.25, -0.2) is 0 Å². The minimum Gasteiger partial charge on any atom is -0.368 e. The molecule has 0 aliphatic carbocycles. The summed E-state index contributed by atoms with van der Waals surface area (Å²) in [7, 11) is 0. The van der Waals surface area contributed by atoms with Gasteiger partial charge >= 0.3 is 0 Å². The van der Waals surface area contributed by atoms with Crippen LogP contribution < -0.4 is 11.1 Å². The summed E-state index contributed by atoms with van der Waals surface area (Å²) in [6.45, 7) is 2.18. The van der Waals surface area contributed by atoms with Crippen molar-refractivity contribution in [3.63, 3.8) is 0 Å². The molecule has 0 spiro atoms. The monoisotopic (exact) mass is 170 g/mol. The van der Waals surface area contributed by atoms with Crippen molar-refractivity contribution in [1.82, 2.24) is 5.32 Å². The zero-order chi connectivity index (χ0) is 8.97. The van der Waals surface area contributed by atoms with Crippen LogP contribution in [0.4, 0.5) is 0 Å². The van der Waals surface area contributed by atoms with E-state index >= 15 is 0 Å². The molecule has 1 fully saturated rings. The Hall–Kier alpha value is -0.570. The molecule has 70 valence electrons. The summed E-state index contributed by atoms with van der Waals surface area (Å²) in [6, 6.07) is 0.467. The van der Waals surface area contributed by atoms with Gasteiger partial charge in [-0.15, -0.1) is 0 Å². The van der Waals surface area contributed by atoms with Crippen LogP contribution in [0.5, 0.6) is 0 Å². The topological polar surface area (TPSA) is 55.1 Å². The van der Waals surface area contributed by atoms with E-state index in [9.17, 15) is 4.79 Å². The Morgan fingerprint density at radius 3 is 2.83 bits per heavy atom. The quantitative estimate of drug-likeness (QED) is 0.655. The molecule has 2 atom stereocenters. The van der Waals surface area contributed by atoms with Crippen LogP contribution in [0, 0.1) is 0 Å². The zero-order valence-corrected chi connectivity index (χ0v) is 7.68. The summed E-state index contributed by atoms with van der Waals surface area (Å²) < 4.78 is 0. The number of carbonyl (C=O) groups is 1. The molecule has 1 heterocycles. The van der Waals surface area contributed by atoms with Gasteiger partial charge < -0.3 is 11.1 Å². The normalized spacial score (nSPS) is 29.1. The second-order valence-electron chi connectivity index (χ2n) is 3.54. The Kier molecular flexibility index (Phi) is 3.53. The SMILES string of the molecule is CCCCC1CCC(C(N)=O)N1. The van der Waals surface area contributed by atoms with Crippen molar-refractivity contribution < 1.29 is 4.79 Å². The molecule has 1 saturated heterocycles. The van der Waals surface area contributed by atoms with Crippen LogP contribution in [0.25, 0.3) is 0 Å². The number of unbranched alkanes of at least 4 members (excludes halogenated alkanes) is 1. The fourth-order valence-electron chi connectivity index (χ4n) is 1.72. The lowest BCUT2D eigenvalue weighted by Crippen LogP contribution is -2.39. The van der Waals surface area contributed by atoms with Crippen molar-refractivity contribution in [3.05, 3.63) is 0 Å². The summed E-state index contributed by atoms with van der Waals surface area (Å²) in [5.41, 5.74) is 5.19. The van der Waals surface area contributed by atoms with E-state index in [1.54, 1.807) is 0 Å². The highest BCUT2D eigenvalue weighted by molar-refractivity contribution is 5.80. The van der Waals surface area contributed by atoms with Gasteiger partial charge in [-0.1, -0.05) is 19.8 Å². The minimum absolute atomic E-state index is 0.0631. The lowest BCUT2D eigenvalue weighted by Gasteiger charge is -2.10. The van der Waals surface area contributed by atoms with Crippen LogP contribution in [-0.2, 0) is 4.79 Å². The highest BCUT2D eigenvalue weighted by Crippen LogP contribution is 2.16. The Morgan fingerprint density at radius 2 is 2.33 bits per heavy atom. The number of carbonyl (C=O) groups excluding carboxylic acids is 1. The average Bonchev–Trinajstić information content (AvgIpc) is 2.48. The Bertz CT molecular complexity index is 159. The fraction of sp³-hybridized carbons (Fsp3) is 0.889. The molecule has 0 aromatic carbocycles. The van der Waals surface area contributed by atoms with Crippen LogP contribution >= 0.6 is 0 Å². The van der Waals surface area contributed by atoms with Crippen molar-refractivity contribution in [1.29, 1.82) is 0 Å². The number of amides is 1. The van der Waals surface area contributed by atoms with E-state index in [-0.39, 0.29) is 11.9 Å². The lowest BCUT2D eigenvalue weighted by molar-refractivity contribution is -0.119. The van der Waals surface area contributed by atoms with E-state index < -0.39 is 0 Å². The standard InChI is InChI=1S/C9H18N2O/c1-2-3-4-7-5-6-8(11-7)9(10)12/h7-8,11H,2-6H2,1H3,(H2,10,12). The maximum atomic E-state index is 10.8. The molecule has 2 unspecified atom stereocenters. The van der Waals surface area contributed by atoms with Gasteiger partial charge in [0.2, 0.25) is 5.91 Å². The Balaban J connectivity index is 2.21. The third-order valence-corrected chi connectivity index (χ3v) is 2.49. The van der Waals surface area contributed by atoms with Crippen LogP contribution in [0.2, 0.25) is 0 Å². The number of rotatable bonds is 4. The predicted octanol–water partition coefficient (Wildman–Crippen LogP) is 0.783. The number of hydrogen-bond donors (Lipinski definition) is 2. The van der Waals surface area contributed by atoms with Crippen LogP contribution in [0.15, 0.2) is 0 Å². The molecular formula is C9H18N2O. The maximum absolute atomic E-state index is 10.8. The van der Waals surface area contributed by atoms with Gasteiger partial charge in [0.05, 0.1) is 6.04 Å². The fourth-order valence-corrected chi connectivity index (χ4v) is 1.72. The second kappa shape index (κ2) is 4.45. The molecule has 12 heavy (non-hydrogen) atoms. The number of hydrogen-bond acceptors (Lipinski definition) is 2. The summed E-state index contributed by atoms with van der Waals surface area (Å²) in [4.78, 5) is 10.8. The maximum Gasteiger partial charge on any atom is 0.234 e. The smallest absolute Gasteiger partial charge is 0.234 e. The highest BCUT2D eigenvalue weighted by atomic mass is 16.1. The highest BCUT2D eigenvalue weighted by Gasteiger charge is 2.26. The van der Waals surface area contributed by atoms with Gasteiger partial charge in [-0.2, -0.15) is 0 Å². The van der Waals surface area contributed by atoms with Gasteiger partial charge in [-0.05, 0) is 19.3 Å². The van der Waals surface area contributed by atoms with E-state index in [4.69, 9.17) is 5.73 Å². The van der Waals surface area contributed by atoms with Crippen molar-refractivity contribution in [3.8, 4) is 0 Å². The van der Waals surface area contributed by atoms with E-state index in [0.717, 1.165) is 12.8 Å². The molecule has 1 amide bonds. The van der Waals surface area contributed by atoms with Gasteiger partial charge in [-0.3, -0.25) is 4.79 Å². The summed E-state index contributed by atoms with van der Waals surface area (Å²) >= 11 is 0. The molecule has 1 rings (SSSR count). The first-order valence-corrected chi connectivity index (χ1v) is 4.79. The molecule has 0 aromatic heterocycles. The minimum atomic E-state index is -0.200. The first kappa shape index (κ1) is 9.52. The third kappa shape index (κ3) is 2.48. The van der Waals surface area contributed by atoms with Crippen molar-refractivity contribution in [2.75, 3.05) is 0 Å². The molecule has 3 nitrogen and oxygen atoms in total. The van der Waals surface area contributed by atoms with E-state index in [1.807, 2.05) is 0 Å². The first-order chi connectivity index (χ1) is 5.74. The van der Waals surface area contributed by atoms with Crippen LogP contribution in [0.3, 0.4) is 0 Å². The third-order valence-electron chi connectivity index (χ3n) is 2.49. The summed E-state index contributed by atoms with van der Waals surface area (Å²) in [5, 5.41) is 3.25. The molecule has 0 aromatic rings. The van der Waals surface area contributed by atoms with Crippen LogP contribution in [0.1, 0.15) is 39.0 Å². The first-order valence-electron chi connectivity index (χ1n) is 4.79. The molecule has 1 aliphatic heterocycles. The predicted molar refractivity (Wildman–Crippen MR) is 48.7 cm³/mol. The van der Waals surface area contributed by atoms with E-state index in [0.29, 0.717) is 6.04 Å². The van der Waals surface area contributed by atoms with Gasteiger partial charge in [0.1, 0.15) is 0 Å². The van der Waals surface area contributed by atoms with Crippen molar-refractivity contribution in [2.45, 2.75) is 51.1 Å². The number of nitrogens with one attached hydrogen (secondary N) is 1. The molecule has 0 saturated carbocycles. The van der Waals surface area contributed by atoms with Crippen molar-refractivity contribution in [2.24, 2.45) is 5.73 Å². The average molecular weight is 170 g/mol. The van der Waals surface area contributed by atoms with Gasteiger partial charge in [0.15, 0.2) is 0 Å². The summed E-state index contributed by atoms with van der Waals surface area (Å²) in [6.07, 6.45) is 5.67. The lowest BCUT2D eigenvalue weighted by atomic mass is 10.1. The van der Waals surface area contributed by atoms with E-state index in [2.05, 4.69) is 12.2 Å².